The normalized spacial score (nSPS) is 8.67. The van der Waals surface area contributed by atoms with Crippen molar-refractivity contribution in [2.24, 2.45) is 0 Å². The molecular formula is C12H24O4Ti2. The quantitative estimate of drug-likeness (QED) is 0.362. The van der Waals surface area contributed by atoms with Gasteiger partial charge in [0.25, 0.3) is 0 Å². The van der Waals surface area contributed by atoms with Gasteiger partial charge in [-0.1, -0.05) is 51.4 Å². The predicted molar refractivity (Wildman–Crippen MR) is 56.4 cm³/mol. The molecule has 0 aromatic carbocycles. The first-order valence-corrected chi connectivity index (χ1v) is 6.15. The summed E-state index contributed by atoms with van der Waals surface area (Å²) in [7, 11) is 0. The maximum atomic E-state index is 9.81. The van der Waals surface area contributed by atoms with E-state index in [1.165, 1.54) is 0 Å². The zero-order valence-electron chi connectivity index (χ0n) is 11.1. The average Bonchev–Trinajstić information content (AvgIpc) is 2.31. The third kappa shape index (κ3) is 36.0. The number of rotatable bonds is 10. The van der Waals surface area contributed by atoms with Crippen molar-refractivity contribution < 1.29 is 63.9 Å². The summed E-state index contributed by atoms with van der Waals surface area (Å²) < 4.78 is 0. The Hall–Kier alpha value is 1.27. The molecule has 0 N–H and O–H groups in total. The van der Waals surface area contributed by atoms with Crippen LogP contribution in [0, 0.1) is 0 Å². The minimum atomic E-state index is 0. The van der Waals surface area contributed by atoms with Crippen LogP contribution >= 0.6 is 0 Å². The van der Waals surface area contributed by atoms with E-state index in [2.05, 4.69) is 0 Å². The second-order valence-electron chi connectivity index (χ2n) is 3.64. The van der Waals surface area contributed by atoms with Crippen LogP contribution in [0.5, 0.6) is 0 Å². The van der Waals surface area contributed by atoms with Crippen LogP contribution in [0.25, 0.3) is 0 Å². The molecule has 0 radical (unpaired) electrons. The Morgan fingerprint density at radius 3 is 0.611 bits per heavy atom. The van der Waals surface area contributed by atoms with Crippen LogP contribution in [0.15, 0.2) is 0 Å². The third-order valence-corrected chi connectivity index (χ3v) is 2.08. The third-order valence-electron chi connectivity index (χ3n) is 2.08. The van der Waals surface area contributed by atoms with E-state index in [9.17, 15) is 20.4 Å². The Kier molecular flexibility index (Phi) is 47.4. The van der Waals surface area contributed by atoms with Crippen molar-refractivity contribution in [3.05, 3.63) is 0 Å². The molecule has 0 saturated heterocycles. The van der Waals surface area contributed by atoms with E-state index in [-0.39, 0.29) is 69.9 Å². The topological polar surface area (TPSA) is 92.2 Å². The standard InChI is InChI=1S/2C6H12O2.2Ti/c2*7-5-3-1-2-4-6-8;;/h2*1-6H2;;/q2*-2;2*+2. The molecule has 0 rings (SSSR count). The summed E-state index contributed by atoms with van der Waals surface area (Å²) >= 11 is 0. The minimum absolute atomic E-state index is 0. The summed E-state index contributed by atoms with van der Waals surface area (Å²) in [5.74, 6) is 0. The summed E-state index contributed by atoms with van der Waals surface area (Å²) in [4.78, 5) is 0. The molecule has 0 unspecified atom stereocenters. The monoisotopic (exact) mass is 328 g/mol. The summed E-state index contributed by atoms with van der Waals surface area (Å²) in [6.45, 7) is 0.0510. The van der Waals surface area contributed by atoms with Crippen molar-refractivity contribution in [1.29, 1.82) is 0 Å². The Bertz CT molecular complexity index is 84.1. The zero-order chi connectivity index (χ0) is 12.5. The Balaban J connectivity index is -0.0000000980. The Morgan fingerprint density at radius 1 is 0.333 bits per heavy atom. The summed E-state index contributed by atoms with van der Waals surface area (Å²) in [5, 5.41) is 39.3. The van der Waals surface area contributed by atoms with Gasteiger partial charge in [0.15, 0.2) is 0 Å². The first-order chi connectivity index (χ1) is 7.83. The van der Waals surface area contributed by atoms with Crippen molar-refractivity contribution in [3.8, 4) is 0 Å². The molecule has 0 aliphatic heterocycles. The fourth-order valence-corrected chi connectivity index (χ4v) is 1.12. The van der Waals surface area contributed by atoms with Crippen LogP contribution in [0.1, 0.15) is 51.4 Å². The molecule has 0 aliphatic carbocycles. The van der Waals surface area contributed by atoms with Gasteiger partial charge in [-0.05, 0) is 0 Å². The largest absolute Gasteiger partial charge is 2.00 e. The SMILES string of the molecule is [O-]CCCCCC[O-].[O-]CCCCCC[O-].[Ti+2].[Ti+2]. The number of unbranched alkanes of at least 4 members (excludes halogenated alkanes) is 6. The van der Waals surface area contributed by atoms with Gasteiger partial charge >= 0.3 is 43.4 Å². The second kappa shape index (κ2) is 30.9. The summed E-state index contributed by atoms with van der Waals surface area (Å²) in [5.41, 5.74) is 0. The molecule has 6 heteroatoms. The van der Waals surface area contributed by atoms with Crippen LogP contribution in [0.4, 0.5) is 0 Å². The maximum absolute atomic E-state index is 9.81. The molecule has 0 amide bonds. The van der Waals surface area contributed by atoms with Crippen molar-refractivity contribution in [2.45, 2.75) is 51.4 Å². The average molecular weight is 328 g/mol. The molecular weight excluding hydrogens is 304 g/mol. The van der Waals surface area contributed by atoms with Gasteiger partial charge in [-0.3, -0.25) is 0 Å². The molecule has 0 saturated carbocycles. The van der Waals surface area contributed by atoms with E-state index in [0.717, 1.165) is 51.4 Å². The van der Waals surface area contributed by atoms with E-state index < -0.39 is 0 Å². The molecule has 18 heavy (non-hydrogen) atoms. The summed E-state index contributed by atoms with van der Waals surface area (Å²) in [6, 6.07) is 0. The van der Waals surface area contributed by atoms with Crippen LogP contribution in [0.3, 0.4) is 0 Å². The van der Waals surface area contributed by atoms with Gasteiger partial charge in [0.05, 0.1) is 0 Å². The van der Waals surface area contributed by atoms with E-state index in [0.29, 0.717) is 0 Å². The van der Waals surface area contributed by atoms with Crippen LogP contribution in [-0.4, -0.2) is 26.4 Å². The predicted octanol–water partition coefficient (Wildman–Crippen LogP) is -1.47. The van der Waals surface area contributed by atoms with Gasteiger partial charge < -0.3 is 20.4 Å². The molecule has 4 nitrogen and oxygen atoms in total. The van der Waals surface area contributed by atoms with E-state index in [4.69, 9.17) is 0 Å². The van der Waals surface area contributed by atoms with E-state index in [1.807, 2.05) is 0 Å². The smallest absolute Gasteiger partial charge is 0.854 e. The molecule has 0 bridgehead atoms. The van der Waals surface area contributed by atoms with Gasteiger partial charge in [0.2, 0.25) is 0 Å². The molecule has 0 aromatic heterocycles. The van der Waals surface area contributed by atoms with E-state index >= 15 is 0 Å². The van der Waals surface area contributed by atoms with Crippen molar-refractivity contribution in [3.63, 3.8) is 0 Å². The zero-order valence-corrected chi connectivity index (χ0v) is 14.2. The Morgan fingerprint density at radius 2 is 0.500 bits per heavy atom. The van der Waals surface area contributed by atoms with Crippen molar-refractivity contribution in [2.75, 3.05) is 26.4 Å². The molecule has 0 aromatic rings. The van der Waals surface area contributed by atoms with Crippen LogP contribution < -0.4 is 20.4 Å². The number of hydrogen-bond donors (Lipinski definition) is 0. The van der Waals surface area contributed by atoms with Crippen LogP contribution in [-0.2, 0) is 43.4 Å². The first kappa shape index (κ1) is 27.6. The molecule has 0 aliphatic rings. The van der Waals surface area contributed by atoms with E-state index in [1.54, 1.807) is 0 Å². The Labute approximate surface area is 141 Å². The van der Waals surface area contributed by atoms with Gasteiger partial charge in [-0.15, -0.1) is 26.4 Å². The van der Waals surface area contributed by atoms with Gasteiger partial charge in [0, 0.05) is 0 Å². The molecule has 0 spiro atoms. The number of hydrogen-bond acceptors (Lipinski definition) is 4. The first-order valence-electron chi connectivity index (χ1n) is 6.15. The van der Waals surface area contributed by atoms with Crippen molar-refractivity contribution >= 4 is 0 Å². The second-order valence-corrected chi connectivity index (χ2v) is 3.64. The van der Waals surface area contributed by atoms with Gasteiger partial charge in [-0.25, -0.2) is 0 Å². The fraction of sp³-hybridized carbons (Fsp3) is 1.00. The van der Waals surface area contributed by atoms with Crippen molar-refractivity contribution in [1.82, 2.24) is 0 Å². The molecule has 0 fully saturated rings. The van der Waals surface area contributed by atoms with Crippen LogP contribution in [0.2, 0.25) is 0 Å². The summed E-state index contributed by atoms with van der Waals surface area (Å²) in [6.07, 6.45) is 6.69. The molecule has 0 heterocycles. The van der Waals surface area contributed by atoms with Gasteiger partial charge in [0.1, 0.15) is 0 Å². The minimum Gasteiger partial charge on any atom is -0.854 e. The molecule has 0 atom stereocenters. The molecule has 104 valence electrons. The fourth-order valence-electron chi connectivity index (χ4n) is 1.12. The van der Waals surface area contributed by atoms with Gasteiger partial charge in [-0.2, -0.15) is 0 Å². The maximum Gasteiger partial charge on any atom is 2.00 e.